The average Bonchev–Trinajstić information content (AvgIpc) is 3.15. The number of nitrogens with one attached hydrogen (secondary N) is 2. The molecule has 0 bridgehead atoms. The SMILES string of the molecule is Cc1cc(Cl)ccc1N=Nc1c(O)c(C(=O)Nc2ccc(NC(=O)c3cc4ccccc4c(N=Nc4ccc(Cl)cc4C)c3O)cc2)cc2ccccc12. The quantitative estimate of drug-likeness (QED) is 0.114. The minimum atomic E-state index is -0.578. The Labute approximate surface area is 319 Å². The first-order valence-corrected chi connectivity index (χ1v) is 17.4. The molecule has 0 heterocycles. The largest absolute Gasteiger partial charge is 0.505 e. The van der Waals surface area contributed by atoms with E-state index >= 15 is 0 Å². The molecular weight excluding hydrogens is 723 g/mol. The summed E-state index contributed by atoms with van der Waals surface area (Å²) >= 11 is 12.2. The lowest BCUT2D eigenvalue weighted by atomic mass is 10.0. The molecule has 0 unspecified atom stereocenters. The summed E-state index contributed by atoms with van der Waals surface area (Å²) in [6.07, 6.45) is 0. The van der Waals surface area contributed by atoms with Gasteiger partial charge in [-0.05, 0) is 109 Å². The predicted octanol–water partition coefficient (Wildman–Crippen LogP) is 12.7. The molecule has 7 aromatic rings. The highest BCUT2D eigenvalue weighted by Crippen LogP contribution is 2.41. The molecule has 7 aromatic carbocycles. The Morgan fingerprint density at radius 1 is 0.519 bits per heavy atom. The van der Waals surface area contributed by atoms with Gasteiger partial charge in [0.05, 0.1) is 22.5 Å². The minimum Gasteiger partial charge on any atom is -0.505 e. The van der Waals surface area contributed by atoms with Crippen LogP contribution in [0, 0.1) is 13.8 Å². The van der Waals surface area contributed by atoms with Gasteiger partial charge in [-0.1, -0.05) is 71.7 Å². The molecule has 4 N–H and O–H groups in total. The van der Waals surface area contributed by atoms with Crippen LogP contribution in [-0.2, 0) is 0 Å². The standard InChI is InChI=1S/C42H30Cl2N6O4/c1-23-19-27(43)11-17-35(23)47-49-37-31-9-5-3-7-25(31)21-33(39(37)51)41(53)45-29-13-15-30(16-14-29)46-42(54)34-22-26-8-4-6-10-32(26)38(40(34)52)50-48-36-18-12-28(44)20-24(36)2/h3-22,51-52H,1-2H3,(H,45,53)(H,46,54). The molecule has 0 radical (unpaired) electrons. The Morgan fingerprint density at radius 3 is 1.30 bits per heavy atom. The van der Waals surface area contributed by atoms with Crippen LogP contribution in [0.2, 0.25) is 10.0 Å². The number of amides is 2. The van der Waals surface area contributed by atoms with Crippen LogP contribution in [0.3, 0.4) is 0 Å². The molecule has 0 saturated carbocycles. The highest BCUT2D eigenvalue weighted by molar-refractivity contribution is 6.31. The number of hydrogen-bond acceptors (Lipinski definition) is 8. The monoisotopic (exact) mass is 752 g/mol. The molecule has 0 fully saturated rings. The number of fused-ring (bicyclic) bond motifs is 2. The van der Waals surface area contributed by atoms with E-state index in [9.17, 15) is 19.8 Å². The number of halogens is 2. The van der Waals surface area contributed by atoms with E-state index < -0.39 is 11.8 Å². The van der Waals surface area contributed by atoms with E-state index in [0.717, 1.165) is 11.1 Å². The van der Waals surface area contributed by atoms with Gasteiger partial charge in [0.1, 0.15) is 11.4 Å². The molecule has 2 amide bonds. The van der Waals surface area contributed by atoms with Gasteiger partial charge in [0.2, 0.25) is 0 Å². The summed E-state index contributed by atoms with van der Waals surface area (Å²) in [6.45, 7) is 3.70. The first-order valence-electron chi connectivity index (χ1n) is 16.6. The Bertz CT molecular complexity index is 2490. The summed E-state index contributed by atoms with van der Waals surface area (Å²) in [5.41, 5.74) is 3.82. The Balaban J connectivity index is 1.11. The molecule has 0 aromatic heterocycles. The number of carbonyl (C=O) groups excluding carboxylic acids is 2. The smallest absolute Gasteiger partial charge is 0.259 e. The zero-order valence-corrected chi connectivity index (χ0v) is 30.3. The lowest BCUT2D eigenvalue weighted by Crippen LogP contribution is -2.13. The highest BCUT2D eigenvalue weighted by Gasteiger charge is 2.21. The molecule has 0 aliphatic rings. The van der Waals surface area contributed by atoms with Crippen LogP contribution in [-0.4, -0.2) is 22.0 Å². The van der Waals surface area contributed by atoms with Crippen molar-refractivity contribution >= 4 is 90.7 Å². The Kier molecular flexibility index (Phi) is 10.0. The summed E-state index contributed by atoms with van der Waals surface area (Å²) in [7, 11) is 0. The van der Waals surface area contributed by atoms with Crippen molar-refractivity contribution < 1.29 is 19.8 Å². The van der Waals surface area contributed by atoms with E-state index in [1.807, 2.05) is 50.2 Å². The number of rotatable bonds is 8. The van der Waals surface area contributed by atoms with Crippen molar-refractivity contribution in [3.05, 3.63) is 154 Å². The van der Waals surface area contributed by atoms with Crippen LogP contribution in [0.15, 0.2) is 142 Å². The average molecular weight is 754 g/mol. The summed E-state index contributed by atoms with van der Waals surface area (Å²) in [5, 5.41) is 49.2. The summed E-state index contributed by atoms with van der Waals surface area (Å²) in [6, 6.07) is 34.4. The summed E-state index contributed by atoms with van der Waals surface area (Å²) < 4.78 is 0. The third-order valence-electron chi connectivity index (χ3n) is 8.71. The van der Waals surface area contributed by atoms with Gasteiger partial charge in [-0.15, -0.1) is 10.2 Å². The second-order valence-electron chi connectivity index (χ2n) is 12.4. The maximum atomic E-state index is 13.5. The van der Waals surface area contributed by atoms with Gasteiger partial charge < -0.3 is 20.8 Å². The fourth-order valence-corrected chi connectivity index (χ4v) is 6.34. The summed E-state index contributed by atoms with van der Waals surface area (Å²) in [4.78, 5) is 27.0. The zero-order valence-electron chi connectivity index (χ0n) is 28.8. The van der Waals surface area contributed by atoms with E-state index in [4.69, 9.17) is 23.2 Å². The minimum absolute atomic E-state index is 0.00110. The fourth-order valence-electron chi connectivity index (χ4n) is 5.89. The number of azo groups is 2. The van der Waals surface area contributed by atoms with Crippen LogP contribution in [0.25, 0.3) is 21.5 Å². The van der Waals surface area contributed by atoms with E-state index in [-0.39, 0.29) is 34.0 Å². The number of nitrogens with zero attached hydrogens (tertiary/aromatic N) is 4. The molecule has 7 rings (SSSR count). The molecule has 0 aliphatic carbocycles. The fraction of sp³-hybridized carbons (Fsp3) is 0.0476. The molecule has 12 heteroatoms. The molecule has 0 aliphatic heterocycles. The van der Waals surface area contributed by atoms with Gasteiger partial charge in [-0.25, -0.2) is 0 Å². The number of aromatic hydroxyl groups is 2. The van der Waals surface area contributed by atoms with Crippen molar-refractivity contribution in [2.75, 3.05) is 10.6 Å². The number of phenolic OH excluding ortho intramolecular Hbond substituents is 2. The first kappa shape index (κ1) is 35.8. The number of aryl methyl sites for hydroxylation is 2. The van der Waals surface area contributed by atoms with Crippen molar-refractivity contribution in [1.29, 1.82) is 0 Å². The molecule has 10 nitrogen and oxygen atoms in total. The van der Waals surface area contributed by atoms with Crippen LogP contribution in [0.4, 0.5) is 34.1 Å². The van der Waals surface area contributed by atoms with Gasteiger partial charge >= 0.3 is 0 Å². The third kappa shape index (κ3) is 7.47. The Hall–Kier alpha value is -6.62. The van der Waals surface area contributed by atoms with Crippen LogP contribution >= 0.6 is 23.2 Å². The Morgan fingerprint density at radius 2 is 0.907 bits per heavy atom. The normalized spacial score (nSPS) is 11.5. The molecule has 0 saturated heterocycles. The lowest BCUT2D eigenvalue weighted by Gasteiger charge is -2.13. The van der Waals surface area contributed by atoms with E-state index in [1.54, 1.807) is 84.9 Å². The van der Waals surface area contributed by atoms with E-state index in [0.29, 0.717) is 54.3 Å². The van der Waals surface area contributed by atoms with E-state index in [2.05, 4.69) is 31.1 Å². The number of carbonyl (C=O) groups is 2. The summed E-state index contributed by atoms with van der Waals surface area (Å²) in [5.74, 6) is -1.82. The zero-order chi connectivity index (χ0) is 37.9. The van der Waals surface area contributed by atoms with Crippen LogP contribution in [0.5, 0.6) is 11.5 Å². The second kappa shape index (κ2) is 15.2. The topological polar surface area (TPSA) is 148 Å². The van der Waals surface area contributed by atoms with Gasteiger partial charge in [0, 0.05) is 32.2 Å². The van der Waals surface area contributed by atoms with Crippen molar-refractivity contribution in [2.45, 2.75) is 13.8 Å². The van der Waals surface area contributed by atoms with Crippen LogP contribution < -0.4 is 10.6 Å². The predicted molar refractivity (Wildman–Crippen MR) is 214 cm³/mol. The number of benzene rings is 7. The van der Waals surface area contributed by atoms with Crippen molar-refractivity contribution in [3.63, 3.8) is 0 Å². The van der Waals surface area contributed by atoms with Gasteiger partial charge in [-0.3, -0.25) is 9.59 Å². The molecule has 0 atom stereocenters. The molecule has 54 heavy (non-hydrogen) atoms. The van der Waals surface area contributed by atoms with Crippen molar-refractivity contribution in [2.24, 2.45) is 20.5 Å². The van der Waals surface area contributed by atoms with Gasteiger partial charge in [0.25, 0.3) is 11.8 Å². The van der Waals surface area contributed by atoms with Crippen LogP contribution in [0.1, 0.15) is 31.8 Å². The highest BCUT2D eigenvalue weighted by atomic mass is 35.5. The number of hydrogen-bond donors (Lipinski definition) is 4. The molecule has 266 valence electrons. The van der Waals surface area contributed by atoms with E-state index in [1.165, 1.54) is 0 Å². The van der Waals surface area contributed by atoms with Crippen molar-refractivity contribution in [3.8, 4) is 11.5 Å². The second-order valence-corrected chi connectivity index (χ2v) is 13.3. The maximum Gasteiger partial charge on any atom is 0.259 e. The van der Waals surface area contributed by atoms with Gasteiger partial charge in [0.15, 0.2) is 11.5 Å². The molecule has 0 spiro atoms. The number of anilines is 2. The van der Waals surface area contributed by atoms with Crippen molar-refractivity contribution in [1.82, 2.24) is 0 Å². The van der Waals surface area contributed by atoms with Gasteiger partial charge in [-0.2, -0.15) is 10.2 Å². The third-order valence-corrected chi connectivity index (χ3v) is 9.18. The maximum absolute atomic E-state index is 13.5. The lowest BCUT2D eigenvalue weighted by molar-refractivity contribution is 0.101. The first-order chi connectivity index (χ1) is 26.0. The molecular formula is C42H30Cl2N6O4. The number of phenols is 2.